The van der Waals surface area contributed by atoms with Gasteiger partial charge in [0, 0.05) is 58.4 Å². The van der Waals surface area contributed by atoms with Crippen LogP contribution in [0.4, 0.5) is 28.4 Å². The van der Waals surface area contributed by atoms with Gasteiger partial charge in [-0.05, 0) is 94.9 Å². The third-order valence-corrected chi connectivity index (χ3v) is 13.5. The SMILES string of the molecule is C=Cc1ccc(COCc2ccc(N(c3ccc(/C=C/C)cc3)c3cccc4c3sc3cccc(Nc5ccc(-c6ccccc6)c6sc7ccccc7c56)c34)cc2)cc1. The first-order chi connectivity index (χ1) is 29.6. The first-order valence-corrected chi connectivity index (χ1v) is 21.9. The van der Waals surface area contributed by atoms with Crippen molar-refractivity contribution in [2.24, 2.45) is 0 Å². The van der Waals surface area contributed by atoms with Gasteiger partial charge in [0.1, 0.15) is 0 Å². The van der Waals surface area contributed by atoms with Gasteiger partial charge >= 0.3 is 0 Å². The Morgan fingerprint density at radius 1 is 0.550 bits per heavy atom. The fourth-order valence-corrected chi connectivity index (χ4v) is 10.7. The molecular formula is C55H42N2OS2. The molecule has 0 amide bonds. The highest BCUT2D eigenvalue weighted by molar-refractivity contribution is 7.27. The van der Waals surface area contributed by atoms with Gasteiger partial charge in [0.05, 0.1) is 23.6 Å². The van der Waals surface area contributed by atoms with Gasteiger partial charge in [-0.3, -0.25) is 0 Å². The Morgan fingerprint density at radius 2 is 1.17 bits per heavy atom. The quantitative estimate of drug-likeness (QED) is 0.133. The molecule has 0 aliphatic rings. The number of benzene rings is 8. The van der Waals surface area contributed by atoms with Crippen molar-refractivity contribution < 1.29 is 4.74 Å². The highest BCUT2D eigenvalue weighted by Crippen LogP contribution is 2.49. The van der Waals surface area contributed by atoms with Crippen LogP contribution < -0.4 is 10.2 Å². The Morgan fingerprint density at radius 3 is 1.92 bits per heavy atom. The van der Waals surface area contributed by atoms with Crippen LogP contribution in [-0.4, -0.2) is 0 Å². The molecule has 2 aromatic heterocycles. The van der Waals surface area contributed by atoms with Crippen LogP contribution in [0.3, 0.4) is 0 Å². The maximum absolute atomic E-state index is 6.15. The number of thiophene rings is 2. The molecule has 8 aromatic carbocycles. The van der Waals surface area contributed by atoms with Crippen molar-refractivity contribution in [1.29, 1.82) is 0 Å². The number of allylic oxidation sites excluding steroid dienone is 1. The molecule has 0 saturated carbocycles. The van der Waals surface area contributed by atoms with Crippen molar-refractivity contribution in [3.05, 3.63) is 211 Å². The van der Waals surface area contributed by atoms with Gasteiger partial charge in [0.25, 0.3) is 0 Å². The van der Waals surface area contributed by atoms with Crippen LogP contribution in [0.25, 0.3) is 63.6 Å². The maximum Gasteiger partial charge on any atom is 0.0721 e. The molecule has 0 spiro atoms. The van der Waals surface area contributed by atoms with Crippen LogP contribution in [0.1, 0.15) is 29.2 Å². The van der Waals surface area contributed by atoms with Crippen LogP contribution >= 0.6 is 22.7 Å². The van der Waals surface area contributed by atoms with Crippen molar-refractivity contribution in [1.82, 2.24) is 0 Å². The third-order valence-electron chi connectivity index (χ3n) is 11.1. The lowest BCUT2D eigenvalue weighted by Crippen LogP contribution is -2.10. The van der Waals surface area contributed by atoms with Crippen molar-refractivity contribution in [2.75, 3.05) is 10.2 Å². The summed E-state index contributed by atoms with van der Waals surface area (Å²) < 4.78 is 11.2. The molecule has 0 saturated heterocycles. The molecular weight excluding hydrogens is 769 g/mol. The van der Waals surface area contributed by atoms with Crippen LogP contribution in [0.5, 0.6) is 0 Å². The molecule has 290 valence electrons. The molecule has 0 bridgehead atoms. The van der Waals surface area contributed by atoms with E-state index < -0.39 is 0 Å². The summed E-state index contributed by atoms with van der Waals surface area (Å²) in [6, 6.07) is 63.4. The number of hydrogen-bond acceptors (Lipinski definition) is 5. The van der Waals surface area contributed by atoms with Gasteiger partial charge in [-0.15, -0.1) is 22.7 Å². The highest BCUT2D eigenvalue weighted by Gasteiger charge is 2.21. The molecule has 0 aliphatic carbocycles. The predicted molar refractivity (Wildman–Crippen MR) is 262 cm³/mol. The first-order valence-electron chi connectivity index (χ1n) is 20.3. The zero-order chi connectivity index (χ0) is 40.4. The summed E-state index contributed by atoms with van der Waals surface area (Å²) in [7, 11) is 0. The number of hydrogen-bond donors (Lipinski definition) is 1. The molecule has 0 aliphatic heterocycles. The molecule has 5 heteroatoms. The normalized spacial score (nSPS) is 11.6. The Balaban J connectivity index is 1.04. The fraction of sp³-hybridized carbons (Fsp3) is 0.0545. The number of fused-ring (bicyclic) bond motifs is 6. The minimum absolute atomic E-state index is 0.533. The highest BCUT2D eigenvalue weighted by atomic mass is 32.1. The van der Waals surface area contributed by atoms with E-state index in [9.17, 15) is 0 Å². The Kier molecular flexibility index (Phi) is 10.3. The summed E-state index contributed by atoms with van der Waals surface area (Å²) >= 11 is 3.72. The van der Waals surface area contributed by atoms with E-state index in [0.29, 0.717) is 13.2 Å². The zero-order valence-corrected chi connectivity index (χ0v) is 34.9. The van der Waals surface area contributed by atoms with Crippen LogP contribution in [-0.2, 0) is 18.0 Å². The van der Waals surface area contributed by atoms with E-state index in [1.807, 2.05) is 28.7 Å². The Labute approximate surface area is 358 Å². The number of ether oxygens (including phenoxy) is 1. The molecule has 0 radical (unpaired) electrons. The lowest BCUT2D eigenvalue weighted by Gasteiger charge is -2.26. The lowest BCUT2D eigenvalue weighted by molar-refractivity contribution is 0.107. The molecule has 10 aromatic rings. The summed E-state index contributed by atoms with van der Waals surface area (Å²) in [5.41, 5.74) is 12.6. The zero-order valence-electron chi connectivity index (χ0n) is 33.3. The second kappa shape index (κ2) is 16.5. The summed E-state index contributed by atoms with van der Waals surface area (Å²) in [4.78, 5) is 2.39. The third kappa shape index (κ3) is 7.18. The monoisotopic (exact) mass is 810 g/mol. The van der Waals surface area contributed by atoms with Crippen molar-refractivity contribution in [2.45, 2.75) is 20.1 Å². The van der Waals surface area contributed by atoms with E-state index in [1.165, 1.54) is 57.0 Å². The molecule has 1 N–H and O–H groups in total. The predicted octanol–water partition coefficient (Wildman–Crippen LogP) is 16.7. The largest absolute Gasteiger partial charge is 0.372 e. The van der Waals surface area contributed by atoms with E-state index in [-0.39, 0.29) is 0 Å². The molecule has 2 heterocycles. The van der Waals surface area contributed by atoms with Crippen LogP contribution in [0.2, 0.25) is 0 Å². The molecule has 0 unspecified atom stereocenters. The molecule has 0 atom stereocenters. The number of anilines is 5. The number of nitrogens with zero attached hydrogens (tertiary/aromatic N) is 1. The van der Waals surface area contributed by atoms with Crippen LogP contribution in [0.15, 0.2) is 189 Å². The van der Waals surface area contributed by atoms with Crippen LogP contribution in [0, 0.1) is 0 Å². The second-order valence-electron chi connectivity index (χ2n) is 14.9. The topological polar surface area (TPSA) is 24.5 Å². The van der Waals surface area contributed by atoms with Gasteiger partial charge in [0.2, 0.25) is 0 Å². The summed E-state index contributed by atoms with van der Waals surface area (Å²) in [5.74, 6) is 0. The summed E-state index contributed by atoms with van der Waals surface area (Å²) in [6.07, 6.45) is 6.08. The lowest BCUT2D eigenvalue weighted by atomic mass is 10.0. The minimum atomic E-state index is 0.533. The first kappa shape index (κ1) is 37.5. The minimum Gasteiger partial charge on any atom is -0.372 e. The maximum atomic E-state index is 6.15. The molecule has 3 nitrogen and oxygen atoms in total. The summed E-state index contributed by atoms with van der Waals surface area (Å²) in [6.45, 7) is 7.01. The number of nitrogens with one attached hydrogen (secondary N) is 1. The molecule has 10 rings (SSSR count). The average Bonchev–Trinajstić information content (AvgIpc) is 3.89. The smallest absolute Gasteiger partial charge is 0.0721 e. The standard InChI is InChI=1S/C55H42N2OS2/c1-3-12-38-25-29-42(30-26-38)57(43-31-27-40(28-32-43)36-58-35-39-23-21-37(4-2)22-24-39)49-18-10-16-46-52-47(17-11-20-51(52)60-54(46)49)56-48-34-33-44(41-13-6-5-7-14-41)55-53(48)45-15-8-9-19-50(45)59-55/h3-34,56H,2,35-36H2,1H3/b12-3+. The van der Waals surface area contributed by atoms with E-state index >= 15 is 0 Å². The Hall–Kier alpha value is -6.76. The van der Waals surface area contributed by atoms with Crippen molar-refractivity contribution >= 4 is 104 Å². The summed E-state index contributed by atoms with van der Waals surface area (Å²) in [5, 5.41) is 8.96. The molecule has 60 heavy (non-hydrogen) atoms. The van der Waals surface area contributed by atoms with Crippen molar-refractivity contribution in [3.63, 3.8) is 0 Å². The Bertz CT molecular complexity index is 3160. The average molecular weight is 811 g/mol. The van der Waals surface area contributed by atoms with E-state index in [1.54, 1.807) is 0 Å². The van der Waals surface area contributed by atoms with Gasteiger partial charge in [-0.25, -0.2) is 0 Å². The fourth-order valence-electron chi connectivity index (χ4n) is 8.17. The number of rotatable bonds is 12. The van der Waals surface area contributed by atoms with Gasteiger partial charge in [0.15, 0.2) is 0 Å². The molecule has 0 fully saturated rings. The van der Waals surface area contributed by atoms with Gasteiger partial charge in [-0.1, -0.05) is 146 Å². The van der Waals surface area contributed by atoms with E-state index in [2.05, 4.69) is 212 Å². The van der Waals surface area contributed by atoms with Crippen molar-refractivity contribution in [3.8, 4) is 11.1 Å². The van der Waals surface area contributed by atoms with E-state index in [0.717, 1.165) is 45.1 Å². The van der Waals surface area contributed by atoms with Gasteiger partial charge < -0.3 is 15.0 Å². The van der Waals surface area contributed by atoms with E-state index in [4.69, 9.17) is 4.74 Å². The van der Waals surface area contributed by atoms with Gasteiger partial charge in [-0.2, -0.15) is 0 Å². The second-order valence-corrected chi connectivity index (χ2v) is 17.0.